The maximum Gasteiger partial charge on any atom is 0.359 e. The lowest BCUT2D eigenvalue weighted by Gasteiger charge is -2.18. The van der Waals surface area contributed by atoms with Gasteiger partial charge in [-0.05, 0) is 18.9 Å². The molecule has 0 radical (unpaired) electrons. The number of carbonyl (C=O) groups excluding carboxylic acids is 2. The van der Waals surface area contributed by atoms with E-state index in [0.717, 1.165) is 18.4 Å². The summed E-state index contributed by atoms with van der Waals surface area (Å²) in [6.07, 6.45) is 4.55. The summed E-state index contributed by atoms with van der Waals surface area (Å²) in [6.45, 7) is 3.48. The van der Waals surface area contributed by atoms with Gasteiger partial charge < -0.3 is 10.1 Å². The Bertz CT molecular complexity index is 672. The molecule has 0 aliphatic heterocycles. The van der Waals surface area contributed by atoms with Crippen molar-refractivity contribution in [3.05, 3.63) is 59.7 Å². The van der Waals surface area contributed by atoms with E-state index in [0.29, 0.717) is 5.69 Å². The van der Waals surface area contributed by atoms with Crippen LogP contribution in [0.25, 0.3) is 0 Å². The average molecular weight is 327 g/mol. The molecule has 1 N–H and O–H groups in total. The molecule has 1 aromatic heterocycles. The van der Waals surface area contributed by atoms with Gasteiger partial charge in [0, 0.05) is 6.20 Å². The van der Waals surface area contributed by atoms with Gasteiger partial charge >= 0.3 is 5.97 Å². The fourth-order valence-corrected chi connectivity index (χ4v) is 2.24. The van der Waals surface area contributed by atoms with Crippen molar-refractivity contribution < 1.29 is 14.3 Å². The average Bonchev–Trinajstić information content (AvgIpc) is 2.60. The number of carbonyl (C=O) groups is 2. The van der Waals surface area contributed by atoms with Crippen LogP contribution in [-0.4, -0.2) is 28.5 Å². The third-order valence-electron chi connectivity index (χ3n) is 3.44. The molecule has 2 rings (SSSR count). The van der Waals surface area contributed by atoms with Gasteiger partial charge in [-0.25, -0.2) is 9.78 Å². The van der Waals surface area contributed by atoms with Crippen LogP contribution in [0.15, 0.2) is 42.7 Å². The summed E-state index contributed by atoms with van der Waals surface area (Å²) in [5.74, 6) is -1.00. The van der Waals surface area contributed by atoms with Gasteiger partial charge in [0.15, 0.2) is 12.3 Å². The Morgan fingerprint density at radius 2 is 1.92 bits per heavy atom. The largest absolute Gasteiger partial charge is 0.451 e. The van der Waals surface area contributed by atoms with E-state index in [1.807, 2.05) is 30.3 Å². The normalized spacial score (nSPS) is 11.6. The quantitative estimate of drug-likeness (QED) is 0.791. The molecule has 1 amide bonds. The molecule has 0 fully saturated rings. The number of rotatable bonds is 7. The maximum absolute atomic E-state index is 12.1. The summed E-state index contributed by atoms with van der Waals surface area (Å²) >= 11 is 0. The van der Waals surface area contributed by atoms with Gasteiger partial charge in [-0.15, -0.1) is 0 Å². The smallest absolute Gasteiger partial charge is 0.359 e. The Morgan fingerprint density at radius 3 is 2.54 bits per heavy atom. The van der Waals surface area contributed by atoms with Crippen molar-refractivity contribution in [2.75, 3.05) is 6.61 Å². The van der Waals surface area contributed by atoms with Crippen molar-refractivity contribution in [1.82, 2.24) is 15.3 Å². The number of hydrogen-bond donors (Lipinski definition) is 1. The first kappa shape index (κ1) is 17.6. The summed E-state index contributed by atoms with van der Waals surface area (Å²) < 4.78 is 4.99. The summed E-state index contributed by atoms with van der Waals surface area (Å²) in [5, 5.41) is 2.90. The molecule has 0 aliphatic carbocycles. The van der Waals surface area contributed by atoms with Crippen LogP contribution < -0.4 is 5.32 Å². The van der Waals surface area contributed by atoms with Crippen LogP contribution in [0.5, 0.6) is 0 Å². The number of nitrogens with one attached hydrogen (secondary N) is 1. The lowest BCUT2D eigenvalue weighted by atomic mass is 10.0. The molecule has 0 spiro atoms. The zero-order valence-corrected chi connectivity index (χ0v) is 13.9. The first-order valence-corrected chi connectivity index (χ1v) is 7.90. The summed E-state index contributed by atoms with van der Waals surface area (Å²) in [7, 11) is 0. The topological polar surface area (TPSA) is 81.2 Å². The highest BCUT2D eigenvalue weighted by Crippen LogP contribution is 2.17. The number of nitrogens with zero attached hydrogens (tertiary/aromatic N) is 2. The first-order chi connectivity index (χ1) is 11.6. The van der Waals surface area contributed by atoms with Crippen LogP contribution in [0, 0.1) is 6.92 Å². The second-order valence-corrected chi connectivity index (χ2v) is 5.44. The molecule has 1 unspecified atom stereocenters. The Morgan fingerprint density at radius 1 is 1.17 bits per heavy atom. The summed E-state index contributed by atoms with van der Waals surface area (Å²) in [5.41, 5.74) is 1.82. The van der Waals surface area contributed by atoms with Crippen molar-refractivity contribution in [1.29, 1.82) is 0 Å². The fourth-order valence-electron chi connectivity index (χ4n) is 2.24. The number of hydrogen-bond acceptors (Lipinski definition) is 5. The lowest BCUT2D eigenvalue weighted by Crippen LogP contribution is -2.32. The van der Waals surface area contributed by atoms with Crippen molar-refractivity contribution in [2.45, 2.75) is 32.7 Å². The van der Waals surface area contributed by atoms with Gasteiger partial charge in [0.05, 0.1) is 17.9 Å². The van der Waals surface area contributed by atoms with Gasteiger partial charge in [0.2, 0.25) is 0 Å². The third kappa shape index (κ3) is 5.15. The zero-order valence-electron chi connectivity index (χ0n) is 13.9. The molecule has 126 valence electrons. The van der Waals surface area contributed by atoms with Crippen molar-refractivity contribution in [3.8, 4) is 0 Å². The van der Waals surface area contributed by atoms with Gasteiger partial charge in [0.1, 0.15) is 0 Å². The standard InChI is InChI=1S/C18H21N3O3/c1-3-7-15(14-8-5-4-6-9-14)21-17(22)12-24-18(23)16-11-19-13(2)10-20-16/h4-6,8-11,15H,3,7,12H2,1-2H3,(H,21,22). The number of esters is 1. The van der Waals surface area contributed by atoms with Crippen LogP contribution in [0.2, 0.25) is 0 Å². The molecule has 1 atom stereocenters. The third-order valence-corrected chi connectivity index (χ3v) is 3.44. The second kappa shape index (κ2) is 8.76. The van der Waals surface area contributed by atoms with Crippen molar-refractivity contribution in [3.63, 3.8) is 0 Å². The van der Waals surface area contributed by atoms with E-state index in [1.54, 1.807) is 6.92 Å². The molecule has 0 bridgehead atoms. The molecule has 0 saturated carbocycles. The Labute approximate surface area is 141 Å². The monoisotopic (exact) mass is 327 g/mol. The highest BCUT2D eigenvalue weighted by molar-refractivity contribution is 5.89. The maximum atomic E-state index is 12.1. The number of amides is 1. The molecule has 0 saturated heterocycles. The predicted molar refractivity (Wildman–Crippen MR) is 89.3 cm³/mol. The SMILES string of the molecule is CCCC(NC(=O)COC(=O)c1cnc(C)cn1)c1ccccc1. The van der Waals surface area contributed by atoms with E-state index < -0.39 is 5.97 Å². The van der Waals surface area contributed by atoms with Crippen LogP contribution in [0.4, 0.5) is 0 Å². The highest BCUT2D eigenvalue weighted by Gasteiger charge is 2.16. The van der Waals surface area contributed by atoms with Gasteiger partial charge in [0.25, 0.3) is 5.91 Å². The Kier molecular flexibility index (Phi) is 6.42. The minimum Gasteiger partial charge on any atom is -0.451 e. The van der Waals surface area contributed by atoms with E-state index in [4.69, 9.17) is 4.74 Å². The molecule has 0 aliphatic rings. The number of aromatic nitrogens is 2. The second-order valence-electron chi connectivity index (χ2n) is 5.44. The van der Waals surface area contributed by atoms with Crippen LogP contribution in [0.3, 0.4) is 0 Å². The molecular formula is C18H21N3O3. The molecule has 2 aromatic rings. The van der Waals surface area contributed by atoms with Gasteiger partial charge in [-0.1, -0.05) is 43.7 Å². The number of benzene rings is 1. The van der Waals surface area contributed by atoms with E-state index in [1.165, 1.54) is 12.4 Å². The molecule has 1 heterocycles. The minimum absolute atomic E-state index is 0.0848. The van der Waals surface area contributed by atoms with Crippen LogP contribution >= 0.6 is 0 Å². The molecule has 6 heteroatoms. The number of ether oxygens (including phenoxy) is 1. The molecule has 1 aromatic carbocycles. The van der Waals surface area contributed by atoms with Crippen LogP contribution in [0.1, 0.15) is 47.6 Å². The lowest BCUT2D eigenvalue weighted by molar-refractivity contribution is -0.125. The van der Waals surface area contributed by atoms with E-state index in [2.05, 4.69) is 22.2 Å². The molecular weight excluding hydrogens is 306 g/mol. The summed E-state index contributed by atoms with van der Waals surface area (Å²) in [6, 6.07) is 9.63. The predicted octanol–water partition coefficient (Wildman–Crippen LogP) is 2.60. The van der Waals surface area contributed by atoms with Crippen molar-refractivity contribution >= 4 is 11.9 Å². The highest BCUT2D eigenvalue weighted by atomic mass is 16.5. The molecule has 24 heavy (non-hydrogen) atoms. The van der Waals surface area contributed by atoms with Gasteiger partial charge in [-0.3, -0.25) is 9.78 Å². The van der Waals surface area contributed by atoms with E-state index >= 15 is 0 Å². The Balaban J connectivity index is 1.89. The first-order valence-electron chi connectivity index (χ1n) is 7.90. The number of aryl methyl sites for hydroxylation is 1. The molecule has 6 nitrogen and oxygen atoms in total. The Hall–Kier alpha value is -2.76. The van der Waals surface area contributed by atoms with E-state index in [9.17, 15) is 9.59 Å². The van der Waals surface area contributed by atoms with Gasteiger partial charge in [-0.2, -0.15) is 0 Å². The van der Waals surface area contributed by atoms with E-state index in [-0.39, 0.29) is 24.2 Å². The fraction of sp³-hybridized carbons (Fsp3) is 0.333. The van der Waals surface area contributed by atoms with Crippen molar-refractivity contribution in [2.24, 2.45) is 0 Å². The minimum atomic E-state index is -0.663. The van der Waals surface area contributed by atoms with Crippen LogP contribution in [-0.2, 0) is 9.53 Å². The summed E-state index contributed by atoms with van der Waals surface area (Å²) in [4.78, 5) is 31.8. The zero-order chi connectivity index (χ0) is 17.4.